The molecule has 0 bridgehead atoms. The van der Waals surface area contributed by atoms with Crippen molar-refractivity contribution in [3.8, 4) is 5.75 Å². The maximum atomic E-state index is 11.2. The Morgan fingerprint density at radius 1 is 1.56 bits per heavy atom. The molecule has 1 N–H and O–H groups in total. The van der Waals surface area contributed by atoms with E-state index in [0.29, 0.717) is 16.0 Å². The molecule has 4 nitrogen and oxygen atoms in total. The summed E-state index contributed by atoms with van der Waals surface area (Å²) in [4.78, 5) is 19.7. The van der Waals surface area contributed by atoms with Gasteiger partial charge in [0.15, 0.2) is 0 Å². The molecule has 0 saturated carbocycles. The molecule has 0 aliphatic heterocycles. The number of halogens is 1. The van der Waals surface area contributed by atoms with E-state index >= 15 is 0 Å². The topological polar surface area (TPSA) is 59.4 Å². The second-order valence-corrected chi connectivity index (χ2v) is 6.35. The van der Waals surface area contributed by atoms with Gasteiger partial charge in [0.25, 0.3) is 0 Å². The van der Waals surface area contributed by atoms with Crippen LogP contribution < -0.4 is 26.1 Å². The number of hydrogen-bond donors (Lipinski definition) is 1. The third kappa shape index (κ3) is 4.44. The van der Waals surface area contributed by atoms with Crippen molar-refractivity contribution in [2.75, 3.05) is 4.43 Å². The molecule has 0 amide bonds. The van der Waals surface area contributed by atoms with Crippen molar-refractivity contribution in [3.63, 3.8) is 0 Å². The van der Waals surface area contributed by atoms with Gasteiger partial charge in [0, 0.05) is 0 Å². The van der Waals surface area contributed by atoms with Crippen molar-refractivity contribution in [1.82, 2.24) is 4.98 Å². The number of aromatic nitrogens is 1. The molecule has 1 rings (SSSR count). The number of nitrogens with zero attached hydrogens (tertiary/aromatic N) is 1. The molecule has 16 heavy (non-hydrogen) atoms. The van der Waals surface area contributed by atoms with E-state index in [0.717, 1.165) is 22.2 Å². The van der Waals surface area contributed by atoms with Crippen LogP contribution in [0.4, 0.5) is 0 Å². The molecule has 0 fully saturated rings. The SMILES string of the molecule is CCC(=O)[I-]CCc1cc(OO)cc(C)n1. The molecule has 0 atom stereocenters. The molecule has 0 unspecified atom stereocenters. The van der Waals surface area contributed by atoms with Crippen LogP contribution in [0, 0.1) is 6.92 Å². The van der Waals surface area contributed by atoms with Crippen LogP contribution >= 0.6 is 0 Å². The first-order chi connectivity index (χ1) is 7.65. The number of aryl methyl sites for hydroxylation is 2. The van der Waals surface area contributed by atoms with Crippen LogP contribution in [0.15, 0.2) is 12.1 Å². The average Bonchev–Trinajstić information content (AvgIpc) is 2.28. The van der Waals surface area contributed by atoms with Crippen molar-refractivity contribution in [1.29, 1.82) is 0 Å². The van der Waals surface area contributed by atoms with Gasteiger partial charge in [-0.2, -0.15) is 0 Å². The van der Waals surface area contributed by atoms with E-state index < -0.39 is 0 Å². The van der Waals surface area contributed by atoms with Gasteiger partial charge in [-0.15, -0.1) is 0 Å². The summed E-state index contributed by atoms with van der Waals surface area (Å²) < 4.78 is 1.28. The van der Waals surface area contributed by atoms with Crippen molar-refractivity contribution >= 4 is 3.79 Å². The third-order valence-corrected chi connectivity index (χ3v) is 4.65. The monoisotopic (exact) mass is 336 g/mol. The summed E-state index contributed by atoms with van der Waals surface area (Å²) in [6, 6.07) is 3.36. The summed E-state index contributed by atoms with van der Waals surface area (Å²) in [5, 5.41) is 8.56. The molecule has 0 saturated heterocycles. The van der Waals surface area contributed by atoms with E-state index in [2.05, 4.69) is 9.87 Å². The quantitative estimate of drug-likeness (QED) is 0.233. The molecular weight excluding hydrogens is 321 g/mol. The fraction of sp³-hybridized carbons (Fsp3) is 0.455. The molecule has 1 heterocycles. The molecule has 0 aromatic carbocycles. The van der Waals surface area contributed by atoms with Crippen molar-refractivity contribution in [2.24, 2.45) is 0 Å². The molecule has 0 radical (unpaired) electrons. The van der Waals surface area contributed by atoms with Crippen LogP contribution in [-0.2, 0) is 11.2 Å². The molecule has 0 aliphatic rings. The Bertz CT molecular complexity index is 368. The number of alkyl halides is 1. The first-order valence-electron chi connectivity index (χ1n) is 5.06. The molecule has 1 aromatic rings. The zero-order valence-electron chi connectivity index (χ0n) is 9.36. The van der Waals surface area contributed by atoms with E-state index in [4.69, 9.17) is 5.26 Å². The van der Waals surface area contributed by atoms with Crippen LogP contribution in [-0.4, -0.2) is 18.5 Å². The first kappa shape index (κ1) is 13.4. The summed E-state index contributed by atoms with van der Waals surface area (Å²) in [5.41, 5.74) is 1.68. The summed E-state index contributed by atoms with van der Waals surface area (Å²) in [7, 11) is 0. The van der Waals surface area contributed by atoms with Gasteiger partial charge < -0.3 is 0 Å². The number of carbonyl (C=O) groups is 1. The van der Waals surface area contributed by atoms with Crippen LogP contribution in [0.3, 0.4) is 0 Å². The van der Waals surface area contributed by atoms with Crippen LogP contribution in [0.2, 0.25) is 0 Å². The molecule has 1 aromatic heterocycles. The van der Waals surface area contributed by atoms with Gasteiger partial charge in [0.05, 0.1) is 0 Å². The van der Waals surface area contributed by atoms with Gasteiger partial charge >= 0.3 is 105 Å². The van der Waals surface area contributed by atoms with Gasteiger partial charge in [-0.1, -0.05) is 0 Å². The Morgan fingerprint density at radius 3 is 2.94 bits per heavy atom. The minimum atomic E-state index is -0.370. The van der Waals surface area contributed by atoms with Gasteiger partial charge in [-0.3, -0.25) is 0 Å². The number of rotatable bonds is 6. The Balaban J connectivity index is 2.53. The summed E-state index contributed by atoms with van der Waals surface area (Å²) in [6.07, 6.45) is 1.41. The Labute approximate surface area is 105 Å². The van der Waals surface area contributed by atoms with Gasteiger partial charge in [-0.05, 0) is 0 Å². The first-order valence-corrected chi connectivity index (χ1v) is 7.67. The minimum absolute atomic E-state index is 0.370. The number of pyridine rings is 1. The predicted molar refractivity (Wildman–Crippen MR) is 56.1 cm³/mol. The summed E-state index contributed by atoms with van der Waals surface area (Å²) in [6.45, 7) is 3.74. The van der Waals surface area contributed by atoms with Crippen LogP contribution in [0.1, 0.15) is 24.7 Å². The van der Waals surface area contributed by atoms with Gasteiger partial charge in [-0.25, -0.2) is 0 Å². The van der Waals surface area contributed by atoms with Crippen LogP contribution in [0.25, 0.3) is 0 Å². The zero-order chi connectivity index (χ0) is 12.0. The Hall–Kier alpha value is -0.690. The van der Waals surface area contributed by atoms with E-state index in [1.54, 1.807) is 12.1 Å². The van der Waals surface area contributed by atoms with Crippen molar-refractivity contribution < 1.29 is 36.1 Å². The van der Waals surface area contributed by atoms with E-state index in [1.807, 2.05) is 13.8 Å². The summed E-state index contributed by atoms with van der Waals surface area (Å²) >= 11 is -0.370. The van der Waals surface area contributed by atoms with E-state index in [1.165, 1.54) is 0 Å². The second-order valence-electron chi connectivity index (χ2n) is 3.31. The maximum absolute atomic E-state index is 11.2. The van der Waals surface area contributed by atoms with Crippen LogP contribution in [0.5, 0.6) is 5.75 Å². The van der Waals surface area contributed by atoms with Gasteiger partial charge in [0.1, 0.15) is 0 Å². The Kier molecular flexibility index (Phi) is 5.68. The average molecular weight is 336 g/mol. The van der Waals surface area contributed by atoms with Crippen molar-refractivity contribution in [2.45, 2.75) is 26.7 Å². The fourth-order valence-electron chi connectivity index (χ4n) is 1.23. The Morgan fingerprint density at radius 2 is 2.31 bits per heavy atom. The van der Waals surface area contributed by atoms with E-state index in [9.17, 15) is 4.79 Å². The fourth-order valence-corrected chi connectivity index (χ4v) is 3.19. The molecule has 0 spiro atoms. The molecule has 5 heteroatoms. The predicted octanol–water partition coefficient (Wildman–Crippen LogP) is -1.19. The zero-order valence-corrected chi connectivity index (χ0v) is 11.5. The number of hydrogen-bond acceptors (Lipinski definition) is 4. The van der Waals surface area contributed by atoms with Crippen molar-refractivity contribution in [3.05, 3.63) is 23.5 Å². The second kappa shape index (κ2) is 6.80. The van der Waals surface area contributed by atoms with E-state index in [-0.39, 0.29) is 21.2 Å². The molecular formula is C11H15INO3-. The number of carbonyl (C=O) groups excluding carboxylic acids is 1. The summed E-state index contributed by atoms with van der Waals surface area (Å²) in [5.74, 6) is 0.405. The molecule has 0 aliphatic carbocycles. The third-order valence-electron chi connectivity index (χ3n) is 1.96. The molecule has 90 valence electrons. The normalized spacial score (nSPS) is 10.4. The standard InChI is InChI=1S/C11H15INO3/c1-3-11(14)12-5-4-9-7-10(16-15)6-8(2)13-9/h6-7,15H,3-5H2,1-2H3/q-1. The van der Waals surface area contributed by atoms with Gasteiger partial charge in [0.2, 0.25) is 0 Å².